The number of aryl methyl sites for hydroxylation is 1. The van der Waals surface area contributed by atoms with Gasteiger partial charge in [0.25, 0.3) is 5.91 Å². The molecule has 2 aliphatic rings. The van der Waals surface area contributed by atoms with Gasteiger partial charge in [-0.3, -0.25) is 14.3 Å². The Morgan fingerprint density at radius 2 is 2.12 bits per heavy atom. The van der Waals surface area contributed by atoms with Crippen LogP contribution in [0.1, 0.15) is 46.4 Å². The average molecular weight is 342 g/mol. The SMILES string of the molecule is CNC(=O)[C@H]1CN(C(=O)c2ccoc2C2CC2)C[C@@H]1c1cnn(C)c1. The van der Waals surface area contributed by atoms with Crippen LogP contribution in [0.15, 0.2) is 29.1 Å². The monoisotopic (exact) mass is 342 g/mol. The summed E-state index contributed by atoms with van der Waals surface area (Å²) < 4.78 is 7.26. The lowest BCUT2D eigenvalue weighted by Crippen LogP contribution is -2.33. The van der Waals surface area contributed by atoms with E-state index in [-0.39, 0.29) is 23.7 Å². The van der Waals surface area contributed by atoms with Crippen molar-refractivity contribution in [1.82, 2.24) is 20.0 Å². The summed E-state index contributed by atoms with van der Waals surface area (Å²) in [6.45, 7) is 0.922. The molecule has 0 radical (unpaired) electrons. The number of hydrogen-bond acceptors (Lipinski definition) is 4. The quantitative estimate of drug-likeness (QED) is 0.913. The third-order valence-corrected chi connectivity index (χ3v) is 5.22. The van der Waals surface area contributed by atoms with Crippen molar-refractivity contribution in [3.8, 4) is 0 Å². The number of nitrogens with one attached hydrogen (secondary N) is 1. The van der Waals surface area contributed by atoms with E-state index in [4.69, 9.17) is 4.42 Å². The third-order valence-electron chi connectivity index (χ3n) is 5.22. The van der Waals surface area contributed by atoms with Gasteiger partial charge in [0.05, 0.1) is 23.9 Å². The number of rotatable bonds is 4. The molecule has 1 saturated carbocycles. The maximum absolute atomic E-state index is 13.0. The van der Waals surface area contributed by atoms with Gasteiger partial charge in [-0.1, -0.05) is 0 Å². The van der Waals surface area contributed by atoms with Crippen molar-refractivity contribution in [2.24, 2.45) is 13.0 Å². The van der Waals surface area contributed by atoms with Crippen LogP contribution in [0, 0.1) is 5.92 Å². The smallest absolute Gasteiger partial charge is 0.257 e. The lowest BCUT2D eigenvalue weighted by molar-refractivity contribution is -0.124. The summed E-state index contributed by atoms with van der Waals surface area (Å²) in [6.07, 6.45) is 7.44. The minimum atomic E-state index is -0.269. The molecule has 0 aromatic carbocycles. The lowest BCUT2D eigenvalue weighted by atomic mass is 9.90. The molecule has 2 atom stereocenters. The molecule has 4 rings (SSSR count). The topological polar surface area (TPSA) is 80.4 Å². The van der Waals surface area contributed by atoms with E-state index in [0.29, 0.717) is 24.6 Å². The first-order valence-electron chi connectivity index (χ1n) is 8.65. The average Bonchev–Trinajstić information content (AvgIpc) is 3.04. The maximum Gasteiger partial charge on any atom is 0.257 e. The van der Waals surface area contributed by atoms with E-state index >= 15 is 0 Å². The Hall–Kier alpha value is -2.57. The van der Waals surface area contributed by atoms with Crippen molar-refractivity contribution in [3.05, 3.63) is 41.6 Å². The number of hydrogen-bond donors (Lipinski definition) is 1. The molecule has 25 heavy (non-hydrogen) atoms. The molecule has 0 bridgehead atoms. The third kappa shape index (κ3) is 2.83. The summed E-state index contributed by atoms with van der Waals surface area (Å²) in [4.78, 5) is 27.1. The lowest BCUT2D eigenvalue weighted by Gasteiger charge is -2.16. The Morgan fingerprint density at radius 3 is 2.76 bits per heavy atom. The molecule has 2 aromatic heterocycles. The number of furan rings is 1. The van der Waals surface area contributed by atoms with Crippen molar-refractivity contribution in [1.29, 1.82) is 0 Å². The van der Waals surface area contributed by atoms with Crippen LogP contribution in [-0.4, -0.2) is 46.6 Å². The van der Waals surface area contributed by atoms with Crippen molar-refractivity contribution in [2.45, 2.75) is 24.7 Å². The summed E-state index contributed by atoms with van der Waals surface area (Å²) in [5, 5.41) is 6.94. The van der Waals surface area contributed by atoms with Crippen molar-refractivity contribution < 1.29 is 14.0 Å². The highest BCUT2D eigenvalue weighted by molar-refractivity contribution is 5.96. The molecular formula is C18H22N4O3. The highest BCUT2D eigenvalue weighted by atomic mass is 16.3. The van der Waals surface area contributed by atoms with Crippen LogP contribution in [-0.2, 0) is 11.8 Å². The van der Waals surface area contributed by atoms with E-state index in [1.807, 2.05) is 13.2 Å². The predicted octanol–water partition coefficient (Wildman–Crippen LogP) is 1.49. The fourth-order valence-electron chi connectivity index (χ4n) is 3.72. The molecule has 0 unspecified atom stereocenters. The van der Waals surface area contributed by atoms with Crippen LogP contribution >= 0.6 is 0 Å². The van der Waals surface area contributed by atoms with Gasteiger partial charge in [-0.15, -0.1) is 0 Å². The second kappa shape index (κ2) is 6.06. The van der Waals surface area contributed by atoms with E-state index in [9.17, 15) is 9.59 Å². The number of carbonyl (C=O) groups excluding carboxylic acids is 2. The van der Waals surface area contributed by atoms with Gasteiger partial charge in [0.1, 0.15) is 5.76 Å². The standard InChI is InChI=1S/C18H22N4O3/c1-19-17(23)15-10-22(9-14(15)12-7-20-21(2)8-12)18(24)13-5-6-25-16(13)11-3-4-11/h5-8,11,14-15H,3-4,9-10H2,1-2H3,(H,19,23)/t14-,15+/m1/s1. The summed E-state index contributed by atoms with van der Waals surface area (Å²) >= 11 is 0. The first-order valence-corrected chi connectivity index (χ1v) is 8.65. The molecule has 132 valence electrons. The second-order valence-electron chi connectivity index (χ2n) is 6.96. The Kier molecular flexibility index (Phi) is 3.86. The van der Waals surface area contributed by atoms with Gasteiger partial charge in [0.2, 0.25) is 5.91 Å². The molecule has 1 N–H and O–H groups in total. The molecule has 7 nitrogen and oxygen atoms in total. The van der Waals surface area contributed by atoms with Crippen molar-refractivity contribution in [3.63, 3.8) is 0 Å². The molecular weight excluding hydrogens is 320 g/mol. The van der Waals surface area contributed by atoms with Gasteiger partial charge < -0.3 is 14.6 Å². The van der Waals surface area contributed by atoms with Gasteiger partial charge in [-0.2, -0.15) is 5.10 Å². The minimum absolute atomic E-state index is 0.0428. The summed E-state index contributed by atoms with van der Waals surface area (Å²) in [5.74, 6) is 0.768. The van der Waals surface area contributed by atoms with Crippen LogP contribution in [0.2, 0.25) is 0 Å². The molecule has 1 aliphatic carbocycles. The van der Waals surface area contributed by atoms with Crippen LogP contribution in [0.5, 0.6) is 0 Å². The summed E-state index contributed by atoms with van der Waals surface area (Å²) in [6, 6.07) is 1.75. The van der Waals surface area contributed by atoms with Crippen LogP contribution in [0.4, 0.5) is 0 Å². The Balaban J connectivity index is 1.59. The van der Waals surface area contributed by atoms with E-state index in [2.05, 4.69) is 10.4 Å². The Morgan fingerprint density at radius 1 is 1.32 bits per heavy atom. The number of carbonyl (C=O) groups is 2. The summed E-state index contributed by atoms with van der Waals surface area (Å²) in [5.41, 5.74) is 1.63. The fraction of sp³-hybridized carbons (Fsp3) is 0.500. The Labute approximate surface area is 146 Å². The van der Waals surface area contributed by atoms with Crippen LogP contribution in [0.3, 0.4) is 0 Å². The van der Waals surface area contributed by atoms with Crippen molar-refractivity contribution >= 4 is 11.8 Å². The van der Waals surface area contributed by atoms with Gasteiger partial charge >= 0.3 is 0 Å². The molecule has 2 amide bonds. The normalized spacial score (nSPS) is 23.0. The molecule has 1 saturated heterocycles. The molecule has 2 aromatic rings. The van der Waals surface area contributed by atoms with E-state index in [0.717, 1.165) is 24.2 Å². The van der Waals surface area contributed by atoms with Gasteiger partial charge in [-0.05, 0) is 24.5 Å². The van der Waals surface area contributed by atoms with Crippen molar-refractivity contribution in [2.75, 3.05) is 20.1 Å². The highest BCUT2D eigenvalue weighted by Crippen LogP contribution is 2.43. The van der Waals surface area contributed by atoms with E-state index in [1.54, 1.807) is 35.2 Å². The maximum atomic E-state index is 13.0. The largest absolute Gasteiger partial charge is 0.468 e. The fourth-order valence-corrected chi connectivity index (χ4v) is 3.72. The zero-order valence-corrected chi connectivity index (χ0v) is 14.4. The Bertz CT molecular complexity index is 805. The molecule has 1 aliphatic heterocycles. The van der Waals surface area contributed by atoms with Gasteiger partial charge in [0, 0.05) is 45.2 Å². The van der Waals surface area contributed by atoms with Crippen LogP contribution < -0.4 is 5.32 Å². The highest BCUT2D eigenvalue weighted by Gasteiger charge is 2.42. The molecule has 7 heteroatoms. The van der Waals surface area contributed by atoms with E-state index in [1.165, 1.54) is 0 Å². The zero-order chi connectivity index (χ0) is 17.6. The predicted molar refractivity (Wildman–Crippen MR) is 90.1 cm³/mol. The van der Waals surface area contributed by atoms with Gasteiger partial charge in [0.15, 0.2) is 0 Å². The number of nitrogens with zero attached hydrogens (tertiary/aromatic N) is 3. The minimum Gasteiger partial charge on any atom is -0.468 e. The summed E-state index contributed by atoms with van der Waals surface area (Å²) in [7, 11) is 3.48. The first kappa shape index (κ1) is 15.9. The first-order chi connectivity index (χ1) is 12.1. The zero-order valence-electron chi connectivity index (χ0n) is 14.4. The number of likely N-dealkylation sites (tertiary alicyclic amines) is 1. The molecule has 3 heterocycles. The van der Waals surface area contributed by atoms with Crippen LogP contribution in [0.25, 0.3) is 0 Å². The van der Waals surface area contributed by atoms with E-state index < -0.39 is 0 Å². The second-order valence-corrected chi connectivity index (χ2v) is 6.96. The number of aromatic nitrogens is 2. The van der Waals surface area contributed by atoms with Gasteiger partial charge in [-0.25, -0.2) is 0 Å². The number of amides is 2. The molecule has 0 spiro atoms. The molecule has 2 fully saturated rings.